The van der Waals surface area contributed by atoms with Gasteiger partial charge in [0.25, 0.3) is 0 Å². The fourth-order valence-corrected chi connectivity index (χ4v) is 5.53. The Balaban J connectivity index is 0.00000576. The summed E-state index contributed by atoms with van der Waals surface area (Å²) in [7, 11) is 0. The van der Waals surface area contributed by atoms with Crippen LogP contribution in [0.15, 0.2) is 72.8 Å². The largest absolute Gasteiger partial charge is 0.390 e. The van der Waals surface area contributed by atoms with Crippen molar-refractivity contribution in [1.82, 2.24) is 20.9 Å². The number of aliphatic hydroxyl groups excluding tert-OH is 1. The Morgan fingerprint density at radius 3 is 2.35 bits per heavy atom. The van der Waals surface area contributed by atoms with Gasteiger partial charge in [0.15, 0.2) is 0 Å². The van der Waals surface area contributed by atoms with Crippen molar-refractivity contribution in [3.8, 4) is 0 Å². The van der Waals surface area contributed by atoms with E-state index >= 15 is 0 Å². The summed E-state index contributed by atoms with van der Waals surface area (Å²) in [6, 6.07) is 22.4. The van der Waals surface area contributed by atoms with Gasteiger partial charge in [0.1, 0.15) is 12.1 Å². The Morgan fingerprint density at radius 2 is 1.63 bits per heavy atom. The number of aliphatic hydroxyl groups is 1. The molecule has 1 heterocycles. The minimum absolute atomic E-state index is 0. The SMILES string of the molecule is C[C@H](CNCC(O)CNC(=O)[C@@H](Cc1ccc2ccccc2c1)NC(=O)C1CCCN1C(=O)C(C)(C)C)OCc1ccccc1.Cl. The average molecular weight is 653 g/mol. The highest BCUT2D eigenvalue weighted by Crippen LogP contribution is 2.26. The summed E-state index contributed by atoms with van der Waals surface area (Å²) in [6.45, 7) is 9.36. The lowest BCUT2D eigenvalue weighted by molar-refractivity contribution is -0.145. The first-order valence-corrected chi connectivity index (χ1v) is 15.9. The summed E-state index contributed by atoms with van der Waals surface area (Å²) in [4.78, 5) is 41.7. The molecule has 4 atom stereocenters. The second-order valence-corrected chi connectivity index (χ2v) is 13.0. The molecule has 0 saturated carbocycles. The van der Waals surface area contributed by atoms with E-state index in [1.165, 1.54) is 0 Å². The van der Waals surface area contributed by atoms with Crippen LogP contribution in [0.5, 0.6) is 0 Å². The number of hydrogen-bond donors (Lipinski definition) is 4. The van der Waals surface area contributed by atoms with Gasteiger partial charge in [-0.3, -0.25) is 14.4 Å². The number of likely N-dealkylation sites (tertiary alicyclic amines) is 1. The first kappa shape index (κ1) is 37.0. The summed E-state index contributed by atoms with van der Waals surface area (Å²) in [6.07, 6.45) is 0.662. The molecule has 0 spiro atoms. The molecule has 2 unspecified atom stereocenters. The molecule has 1 aliphatic rings. The lowest BCUT2D eigenvalue weighted by Gasteiger charge is -2.31. The van der Waals surface area contributed by atoms with Gasteiger partial charge < -0.3 is 30.7 Å². The molecule has 0 aliphatic carbocycles. The Bertz CT molecular complexity index is 1430. The Labute approximate surface area is 278 Å². The number of nitrogens with zero attached hydrogens (tertiary/aromatic N) is 1. The first-order valence-electron chi connectivity index (χ1n) is 15.9. The lowest BCUT2D eigenvalue weighted by atomic mass is 9.94. The van der Waals surface area contributed by atoms with Crippen molar-refractivity contribution in [2.24, 2.45) is 5.41 Å². The van der Waals surface area contributed by atoms with Crippen molar-refractivity contribution in [3.63, 3.8) is 0 Å². The molecule has 0 radical (unpaired) electrons. The molecule has 4 rings (SSSR count). The molecule has 1 aliphatic heterocycles. The summed E-state index contributed by atoms with van der Waals surface area (Å²) in [5.41, 5.74) is 1.38. The van der Waals surface area contributed by atoms with E-state index in [9.17, 15) is 19.5 Å². The van der Waals surface area contributed by atoms with Gasteiger partial charge in [-0.05, 0) is 41.7 Å². The van der Waals surface area contributed by atoms with Crippen LogP contribution in [-0.2, 0) is 32.1 Å². The van der Waals surface area contributed by atoms with Gasteiger partial charge in [0, 0.05) is 38.0 Å². The Kier molecular flexibility index (Phi) is 14.0. The van der Waals surface area contributed by atoms with Gasteiger partial charge >= 0.3 is 0 Å². The number of fused-ring (bicyclic) bond motifs is 1. The maximum absolute atomic E-state index is 13.5. The summed E-state index contributed by atoms with van der Waals surface area (Å²) in [5, 5.41) is 21.7. The number of carbonyl (C=O) groups excluding carboxylic acids is 3. The van der Waals surface area contributed by atoms with Crippen LogP contribution in [0.2, 0.25) is 0 Å². The van der Waals surface area contributed by atoms with E-state index < -0.39 is 23.6 Å². The topological polar surface area (TPSA) is 120 Å². The van der Waals surface area contributed by atoms with E-state index in [-0.39, 0.29) is 55.7 Å². The molecule has 46 heavy (non-hydrogen) atoms. The maximum Gasteiger partial charge on any atom is 0.243 e. The van der Waals surface area contributed by atoms with E-state index in [2.05, 4.69) is 16.0 Å². The van der Waals surface area contributed by atoms with Crippen molar-refractivity contribution in [2.45, 2.75) is 77.9 Å². The van der Waals surface area contributed by atoms with Gasteiger partial charge in [0.05, 0.1) is 18.8 Å². The third-order valence-corrected chi connectivity index (χ3v) is 8.05. The summed E-state index contributed by atoms with van der Waals surface area (Å²) in [5.74, 6) is -0.800. The summed E-state index contributed by atoms with van der Waals surface area (Å²) >= 11 is 0. The van der Waals surface area contributed by atoms with Crippen LogP contribution in [0.3, 0.4) is 0 Å². The van der Waals surface area contributed by atoms with Crippen molar-refractivity contribution in [1.29, 1.82) is 0 Å². The van der Waals surface area contributed by atoms with Crippen molar-refractivity contribution in [2.75, 3.05) is 26.2 Å². The molecular weight excluding hydrogens is 604 g/mol. The Hall–Kier alpha value is -3.50. The maximum atomic E-state index is 13.5. The van der Waals surface area contributed by atoms with Crippen LogP contribution >= 0.6 is 12.4 Å². The smallest absolute Gasteiger partial charge is 0.243 e. The first-order chi connectivity index (χ1) is 21.5. The standard InChI is InChI=1S/C36H48N4O5.ClH/c1-25(45-24-26-11-6-5-7-12-26)21-37-22-30(41)23-38-33(42)31(20-27-16-17-28-13-8-9-14-29(28)19-27)39-34(43)32-15-10-18-40(32)35(44)36(2,3)4;/h5-9,11-14,16-17,19,25,30-32,37,41H,10,15,18,20-24H2,1-4H3,(H,38,42)(H,39,43);1H/t25-,30?,31-,32?;/m1./s1. The van der Waals surface area contributed by atoms with Gasteiger partial charge in [0.2, 0.25) is 17.7 Å². The van der Waals surface area contributed by atoms with Crippen LogP contribution in [0.1, 0.15) is 51.7 Å². The fraction of sp³-hybridized carbons (Fsp3) is 0.472. The summed E-state index contributed by atoms with van der Waals surface area (Å²) < 4.78 is 5.86. The molecule has 4 N–H and O–H groups in total. The van der Waals surface area contributed by atoms with Crippen molar-refractivity contribution >= 4 is 40.9 Å². The molecule has 250 valence electrons. The third-order valence-electron chi connectivity index (χ3n) is 8.05. The van der Waals surface area contributed by atoms with Crippen LogP contribution in [0, 0.1) is 5.41 Å². The molecule has 0 bridgehead atoms. The van der Waals surface area contributed by atoms with Crippen LogP contribution < -0.4 is 16.0 Å². The number of carbonyl (C=O) groups is 3. The zero-order valence-corrected chi connectivity index (χ0v) is 28.1. The molecule has 9 nitrogen and oxygen atoms in total. The fourth-order valence-electron chi connectivity index (χ4n) is 5.53. The Morgan fingerprint density at radius 1 is 0.935 bits per heavy atom. The molecular formula is C36H49ClN4O5. The minimum Gasteiger partial charge on any atom is -0.390 e. The highest BCUT2D eigenvalue weighted by atomic mass is 35.5. The minimum atomic E-state index is -0.877. The lowest BCUT2D eigenvalue weighted by Crippen LogP contribution is -2.55. The number of nitrogens with one attached hydrogen (secondary N) is 3. The third kappa shape index (κ3) is 10.8. The quantitative estimate of drug-likeness (QED) is 0.209. The van der Waals surface area contributed by atoms with E-state index in [0.717, 1.165) is 28.3 Å². The predicted octanol–water partition coefficient (Wildman–Crippen LogP) is 4.00. The normalized spacial score (nSPS) is 16.7. The predicted molar refractivity (Wildman–Crippen MR) is 184 cm³/mol. The molecule has 3 aromatic rings. The number of ether oxygens (including phenoxy) is 1. The van der Waals surface area contributed by atoms with Gasteiger partial charge in [-0.2, -0.15) is 0 Å². The number of hydrogen-bond acceptors (Lipinski definition) is 6. The molecule has 10 heteroatoms. The average Bonchev–Trinajstić information content (AvgIpc) is 3.52. The molecule has 3 aromatic carbocycles. The van der Waals surface area contributed by atoms with Crippen LogP contribution in [-0.4, -0.2) is 78.2 Å². The van der Waals surface area contributed by atoms with Gasteiger partial charge in [-0.1, -0.05) is 93.6 Å². The number of benzene rings is 3. The number of amides is 3. The van der Waals surface area contributed by atoms with Crippen LogP contribution in [0.4, 0.5) is 0 Å². The zero-order chi connectivity index (χ0) is 32.4. The zero-order valence-electron chi connectivity index (χ0n) is 27.3. The molecule has 3 amide bonds. The van der Waals surface area contributed by atoms with E-state index in [1.807, 2.05) is 100 Å². The van der Waals surface area contributed by atoms with Gasteiger partial charge in [-0.25, -0.2) is 0 Å². The van der Waals surface area contributed by atoms with E-state index in [1.54, 1.807) is 4.90 Å². The van der Waals surface area contributed by atoms with E-state index in [4.69, 9.17) is 4.74 Å². The van der Waals surface area contributed by atoms with E-state index in [0.29, 0.717) is 26.1 Å². The molecule has 1 fully saturated rings. The highest BCUT2D eigenvalue weighted by molar-refractivity contribution is 5.93. The second-order valence-electron chi connectivity index (χ2n) is 13.0. The second kappa shape index (κ2) is 17.4. The number of rotatable bonds is 14. The monoisotopic (exact) mass is 652 g/mol. The molecule has 1 saturated heterocycles. The van der Waals surface area contributed by atoms with Crippen molar-refractivity contribution in [3.05, 3.63) is 83.9 Å². The van der Waals surface area contributed by atoms with Crippen LogP contribution in [0.25, 0.3) is 10.8 Å². The molecule has 0 aromatic heterocycles. The van der Waals surface area contributed by atoms with Crippen molar-refractivity contribution < 1.29 is 24.2 Å². The van der Waals surface area contributed by atoms with Gasteiger partial charge in [-0.15, -0.1) is 12.4 Å². The highest BCUT2D eigenvalue weighted by Gasteiger charge is 2.39. The number of halogens is 1.